The zero-order valence-corrected chi connectivity index (χ0v) is 13.1. The molecule has 3 heterocycles. The molecule has 1 unspecified atom stereocenters. The van der Waals surface area contributed by atoms with Crippen molar-refractivity contribution >= 4 is 22.6 Å². The molecule has 3 rings (SSSR count). The lowest BCUT2D eigenvalue weighted by Crippen LogP contribution is -2.53. The van der Waals surface area contributed by atoms with E-state index in [1.165, 1.54) is 16.4 Å². The molecule has 0 spiro atoms. The van der Waals surface area contributed by atoms with Crippen molar-refractivity contribution in [1.29, 1.82) is 0 Å². The predicted octanol–water partition coefficient (Wildman–Crippen LogP) is 1.31. The molecule has 9 heteroatoms. The molecule has 6 nitrogen and oxygen atoms in total. The third-order valence-corrected chi connectivity index (χ3v) is 4.80. The molecule has 2 saturated heterocycles. The van der Waals surface area contributed by atoms with Crippen LogP contribution in [-0.4, -0.2) is 65.0 Å². The van der Waals surface area contributed by atoms with Gasteiger partial charge in [0, 0.05) is 44.0 Å². The first-order chi connectivity index (χ1) is 10.4. The molecule has 2 aliphatic heterocycles. The van der Waals surface area contributed by atoms with Gasteiger partial charge in [-0.3, -0.25) is 4.79 Å². The molecular weight excluding hydrogens is 314 g/mol. The van der Waals surface area contributed by atoms with E-state index in [1.54, 1.807) is 0 Å². The topological polar surface area (TPSA) is 58.6 Å². The Bertz CT molecular complexity index is 544. The fraction of sp³-hybridized carbons (Fsp3) is 0.769. The second-order valence-electron chi connectivity index (χ2n) is 5.61. The maximum atomic E-state index is 13.2. The molecule has 0 N–H and O–H groups in total. The van der Waals surface area contributed by atoms with Gasteiger partial charge in [0.05, 0.1) is 13.2 Å². The molecule has 0 radical (unpaired) electrons. The smallest absolute Gasteiger partial charge is 0.253 e. The SMILES string of the molecule is Cc1nsc(N2CCOC(C(=O)N3CCC(F)(F)CC3)C2)n1. The first-order valence-corrected chi connectivity index (χ1v) is 8.05. The van der Waals surface area contributed by atoms with Gasteiger partial charge in [-0.1, -0.05) is 0 Å². The van der Waals surface area contributed by atoms with Crippen molar-refractivity contribution < 1.29 is 18.3 Å². The quantitative estimate of drug-likeness (QED) is 0.817. The summed E-state index contributed by atoms with van der Waals surface area (Å²) in [4.78, 5) is 20.2. The Morgan fingerprint density at radius 1 is 1.36 bits per heavy atom. The minimum atomic E-state index is -2.65. The van der Waals surface area contributed by atoms with Gasteiger partial charge in [0.2, 0.25) is 5.13 Å². The average Bonchev–Trinajstić information content (AvgIpc) is 2.93. The number of aromatic nitrogens is 2. The number of piperidine rings is 1. The Labute approximate surface area is 131 Å². The summed E-state index contributed by atoms with van der Waals surface area (Å²) in [6.07, 6.45) is -1.17. The summed E-state index contributed by atoms with van der Waals surface area (Å²) in [6, 6.07) is 0. The van der Waals surface area contributed by atoms with Gasteiger partial charge in [0.15, 0.2) is 6.10 Å². The van der Waals surface area contributed by atoms with Crippen LogP contribution >= 0.6 is 11.5 Å². The van der Waals surface area contributed by atoms with Gasteiger partial charge >= 0.3 is 0 Å². The lowest BCUT2D eigenvalue weighted by atomic mass is 10.1. The number of alkyl halides is 2. The predicted molar refractivity (Wildman–Crippen MR) is 77.4 cm³/mol. The van der Waals surface area contributed by atoms with Crippen LogP contribution in [0.2, 0.25) is 0 Å². The second kappa shape index (κ2) is 6.04. The van der Waals surface area contributed by atoms with Gasteiger partial charge in [0.25, 0.3) is 11.8 Å². The normalized spacial score (nSPS) is 25.3. The lowest BCUT2D eigenvalue weighted by Gasteiger charge is -2.37. The number of nitrogens with zero attached hydrogens (tertiary/aromatic N) is 4. The van der Waals surface area contributed by atoms with E-state index in [0.717, 1.165) is 5.13 Å². The molecule has 1 aromatic heterocycles. The number of ether oxygens (including phenoxy) is 1. The van der Waals surface area contributed by atoms with Crippen LogP contribution in [0, 0.1) is 6.92 Å². The highest BCUT2D eigenvalue weighted by Crippen LogP contribution is 2.28. The van der Waals surface area contributed by atoms with Crippen molar-refractivity contribution in [3.63, 3.8) is 0 Å². The van der Waals surface area contributed by atoms with Gasteiger partial charge in [-0.15, -0.1) is 0 Å². The Morgan fingerprint density at radius 3 is 2.73 bits per heavy atom. The van der Waals surface area contributed by atoms with Crippen LogP contribution in [0.15, 0.2) is 0 Å². The number of hydrogen-bond donors (Lipinski definition) is 0. The van der Waals surface area contributed by atoms with E-state index in [4.69, 9.17) is 4.74 Å². The van der Waals surface area contributed by atoms with Gasteiger partial charge in [0.1, 0.15) is 5.82 Å². The molecule has 22 heavy (non-hydrogen) atoms. The number of carbonyl (C=O) groups is 1. The van der Waals surface area contributed by atoms with Crippen molar-refractivity contribution in [2.75, 3.05) is 37.7 Å². The fourth-order valence-electron chi connectivity index (χ4n) is 2.64. The third kappa shape index (κ3) is 3.35. The Hall–Kier alpha value is -1.35. The Balaban J connectivity index is 1.61. The minimum absolute atomic E-state index is 0.0869. The van der Waals surface area contributed by atoms with Crippen LogP contribution in [0.4, 0.5) is 13.9 Å². The van der Waals surface area contributed by atoms with Crippen LogP contribution in [0.5, 0.6) is 0 Å². The minimum Gasteiger partial charge on any atom is -0.365 e. The van der Waals surface area contributed by atoms with E-state index in [2.05, 4.69) is 9.36 Å². The molecular formula is C13H18F2N4O2S. The number of anilines is 1. The summed E-state index contributed by atoms with van der Waals surface area (Å²) in [5.74, 6) is -2.16. The van der Waals surface area contributed by atoms with Gasteiger partial charge in [-0.25, -0.2) is 13.8 Å². The largest absolute Gasteiger partial charge is 0.365 e. The Morgan fingerprint density at radius 2 is 2.09 bits per heavy atom. The van der Waals surface area contributed by atoms with Gasteiger partial charge in [-0.05, 0) is 6.92 Å². The summed E-state index contributed by atoms with van der Waals surface area (Å²) < 4.78 is 36.0. The first kappa shape index (κ1) is 15.5. The number of aryl methyl sites for hydroxylation is 1. The van der Waals surface area contributed by atoms with Crippen LogP contribution in [-0.2, 0) is 9.53 Å². The average molecular weight is 332 g/mol. The highest BCUT2D eigenvalue weighted by Gasteiger charge is 2.38. The Kier molecular flexibility index (Phi) is 4.26. The van der Waals surface area contributed by atoms with Crippen molar-refractivity contribution in [3.05, 3.63) is 5.82 Å². The van der Waals surface area contributed by atoms with Crippen molar-refractivity contribution in [3.8, 4) is 0 Å². The summed E-state index contributed by atoms with van der Waals surface area (Å²) in [6.45, 7) is 3.44. The summed E-state index contributed by atoms with van der Waals surface area (Å²) in [7, 11) is 0. The first-order valence-electron chi connectivity index (χ1n) is 7.28. The number of morpholine rings is 1. The molecule has 0 bridgehead atoms. The highest BCUT2D eigenvalue weighted by molar-refractivity contribution is 7.09. The number of likely N-dealkylation sites (tertiary alicyclic amines) is 1. The molecule has 2 aliphatic rings. The monoisotopic (exact) mass is 332 g/mol. The number of amides is 1. The molecule has 0 aliphatic carbocycles. The van der Waals surface area contributed by atoms with Crippen LogP contribution in [0.25, 0.3) is 0 Å². The zero-order chi connectivity index (χ0) is 15.7. The zero-order valence-electron chi connectivity index (χ0n) is 12.3. The van der Waals surface area contributed by atoms with Gasteiger partial charge in [-0.2, -0.15) is 4.37 Å². The lowest BCUT2D eigenvalue weighted by molar-refractivity contribution is -0.150. The molecule has 0 aromatic carbocycles. The van der Waals surface area contributed by atoms with Crippen LogP contribution < -0.4 is 4.90 Å². The van der Waals surface area contributed by atoms with E-state index >= 15 is 0 Å². The molecule has 2 fully saturated rings. The van der Waals surface area contributed by atoms with Gasteiger partial charge < -0.3 is 14.5 Å². The van der Waals surface area contributed by atoms with E-state index in [0.29, 0.717) is 25.5 Å². The van der Waals surface area contributed by atoms with Crippen molar-refractivity contribution in [2.45, 2.75) is 31.8 Å². The number of halogens is 2. The van der Waals surface area contributed by atoms with Crippen molar-refractivity contribution in [2.24, 2.45) is 0 Å². The molecule has 1 amide bonds. The van der Waals surface area contributed by atoms with Crippen LogP contribution in [0.1, 0.15) is 18.7 Å². The highest BCUT2D eigenvalue weighted by atomic mass is 32.1. The molecule has 0 saturated carbocycles. The summed E-state index contributed by atoms with van der Waals surface area (Å²) in [5, 5.41) is 0.767. The summed E-state index contributed by atoms with van der Waals surface area (Å²) in [5.41, 5.74) is 0. The van der Waals surface area contributed by atoms with E-state index in [9.17, 15) is 13.6 Å². The number of carbonyl (C=O) groups excluding carboxylic acids is 1. The standard InChI is InChI=1S/C13H18F2N4O2S/c1-9-16-12(22-17-9)19-6-7-21-10(8-19)11(20)18-4-2-13(14,15)3-5-18/h10H,2-8H2,1H3. The summed E-state index contributed by atoms with van der Waals surface area (Å²) >= 11 is 1.29. The van der Waals surface area contributed by atoms with Crippen LogP contribution in [0.3, 0.4) is 0 Å². The third-order valence-electron chi connectivity index (χ3n) is 3.94. The molecule has 1 atom stereocenters. The maximum Gasteiger partial charge on any atom is 0.253 e. The second-order valence-corrected chi connectivity index (χ2v) is 6.34. The molecule has 1 aromatic rings. The van der Waals surface area contributed by atoms with E-state index in [1.807, 2.05) is 11.8 Å². The van der Waals surface area contributed by atoms with Crippen molar-refractivity contribution in [1.82, 2.24) is 14.3 Å². The van der Waals surface area contributed by atoms with E-state index < -0.39 is 12.0 Å². The number of hydrogen-bond acceptors (Lipinski definition) is 6. The fourth-order valence-corrected chi connectivity index (χ4v) is 3.35. The molecule has 122 valence electrons. The number of rotatable bonds is 2. The van der Waals surface area contributed by atoms with E-state index in [-0.39, 0.29) is 31.8 Å². The maximum absolute atomic E-state index is 13.2.